The Bertz CT molecular complexity index is 1720. The third-order valence-electron chi connectivity index (χ3n) is 11.1. The smallest absolute Gasteiger partial charge is 0.243 e. The van der Waals surface area contributed by atoms with Crippen LogP contribution in [0.3, 0.4) is 0 Å². The number of hydrazone groups is 1. The molecule has 6 N–H and O–H groups in total. The summed E-state index contributed by atoms with van der Waals surface area (Å²) in [5, 5.41) is 27.7. The lowest BCUT2D eigenvalue weighted by molar-refractivity contribution is -0.134. The van der Waals surface area contributed by atoms with Gasteiger partial charge in [-0.3, -0.25) is 34.4 Å². The fourth-order valence-electron chi connectivity index (χ4n) is 7.57. The normalized spacial score (nSPS) is 21.1. The van der Waals surface area contributed by atoms with Gasteiger partial charge in [0.2, 0.25) is 23.6 Å². The number of aryl methyl sites for hydroxylation is 1. The maximum atomic E-state index is 14.5. The van der Waals surface area contributed by atoms with Gasteiger partial charge in [-0.25, -0.2) is 0 Å². The Labute approximate surface area is 360 Å². The van der Waals surface area contributed by atoms with E-state index in [-0.39, 0.29) is 30.7 Å². The van der Waals surface area contributed by atoms with Crippen LogP contribution in [0.5, 0.6) is 0 Å². The number of nitrogens with one attached hydrogen (secondary N) is 5. The van der Waals surface area contributed by atoms with Gasteiger partial charge < -0.3 is 40.6 Å². The summed E-state index contributed by atoms with van der Waals surface area (Å²) in [7, 11) is 0. The van der Waals surface area contributed by atoms with Crippen LogP contribution in [0.25, 0.3) is 0 Å². The van der Waals surface area contributed by atoms with Crippen molar-refractivity contribution in [3.8, 4) is 0 Å². The van der Waals surface area contributed by atoms with Crippen LogP contribution in [0.4, 0.5) is 0 Å². The van der Waals surface area contributed by atoms with Crippen LogP contribution < -0.4 is 26.7 Å². The largest absolute Gasteiger partial charge is 0.379 e. The molecule has 0 spiro atoms. The van der Waals surface area contributed by atoms with Crippen LogP contribution in [0.15, 0.2) is 65.8 Å². The summed E-state index contributed by atoms with van der Waals surface area (Å²) in [5.41, 5.74) is 4.50. The first kappa shape index (κ1) is 47.6. The van der Waals surface area contributed by atoms with E-state index in [0.29, 0.717) is 90.6 Å². The van der Waals surface area contributed by atoms with Gasteiger partial charge in [-0.15, -0.1) is 0 Å². The molecule has 2 aromatic rings. The molecular weight excluding hydrogens is 781 g/mol. The molecule has 3 aliphatic heterocycles. The van der Waals surface area contributed by atoms with Crippen LogP contribution in [0, 0.1) is 11.8 Å². The highest BCUT2D eigenvalue weighted by Crippen LogP contribution is 2.31. The number of epoxide rings is 1. The van der Waals surface area contributed by atoms with Gasteiger partial charge in [0.1, 0.15) is 23.7 Å². The lowest BCUT2D eigenvalue weighted by Crippen LogP contribution is -2.59. The number of aliphatic hydroxyl groups is 1. The summed E-state index contributed by atoms with van der Waals surface area (Å²) in [5.74, 6) is -1.56. The lowest BCUT2D eigenvalue weighted by Gasteiger charge is -2.32. The topological polar surface area (TPSA) is 198 Å². The summed E-state index contributed by atoms with van der Waals surface area (Å²) >= 11 is 0. The highest BCUT2D eigenvalue weighted by atomic mass is 16.6. The van der Waals surface area contributed by atoms with Crippen LogP contribution in [0.2, 0.25) is 0 Å². The van der Waals surface area contributed by atoms with Crippen LogP contribution >= 0.6 is 0 Å². The summed E-state index contributed by atoms with van der Waals surface area (Å²) in [4.78, 5) is 60.2. The van der Waals surface area contributed by atoms with Crippen molar-refractivity contribution >= 4 is 29.3 Å². The highest BCUT2D eigenvalue weighted by molar-refractivity contribution is 6.02. The number of nitrogens with zero attached hydrogens (tertiary/aromatic N) is 3. The van der Waals surface area contributed by atoms with Crippen molar-refractivity contribution in [1.29, 1.82) is 0 Å². The van der Waals surface area contributed by atoms with Gasteiger partial charge in [0.15, 0.2) is 6.35 Å². The Morgan fingerprint density at radius 3 is 1.80 bits per heavy atom. The minimum absolute atomic E-state index is 0.00456. The number of rotatable bonds is 23. The number of carbonyl (C=O) groups is 4. The summed E-state index contributed by atoms with van der Waals surface area (Å²) in [6.07, 6.45) is 0.780. The average Bonchev–Trinajstić information content (AvgIpc) is 3.99. The molecule has 0 aliphatic carbocycles. The van der Waals surface area contributed by atoms with Crippen molar-refractivity contribution in [2.75, 3.05) is 65.8 Å². The lowest BCUT2D eigenvalue weighted by atomic mass is 9.92. The molecule has 0 aromatic heterocycles. The zero-order valence-corrected chi connectivity index (χ0v) is 36.6. The molecule has 16 nitrogen and oxygen atoms in total. The van der Waals surface area contributed by atoms with Gasteiger partial charge in [-0.05, 0) is 55.6 Å². The molecule has 61 heavy (non-hydrogen) atoms. The van der Waals surface area contributed by atoms with Gasteiger partial charge in [-0.1, -0.05) is 88.4 Å². The first-order valence-corrected chi connectivity index (χ1v) is 21.9. The highest BCUT2D eigenvalue weighted by Gasteiger charge is 2.49. The zero-order valence-electron chi connectivity index (χ0n) is 36.6. The van der Waals surface area contributed by atoms with E-state index in [2.05, 4.69) is 31.8 Å². The summed E-state index contributed by atoms with van der Waals surface area (Å²) in [6, 6.07) is 15.6. The number of benzene rings is 2. The minimum Gasteiger partial charge on any atom is -0.379 e. The van der Waals surface area contributed by atoms with Crippen molar-refractivity contribution < 1.29 is 38.5 Å². The zero-order chi connectivity index (χ0) is 43.8. The van der Waals surface area contributed by atoms with E-state index >= 15 is 0 Å². The first-order chi connectivity index (χ1) is 29.3. The van der Waals surface area contributed by atoms with Crippen LogP contribution in [-0.2, 0) is 46.2 Å². The molecule has 0 radical (unpaired) electrons. The summed E-state index contributed by atoms with van der Waals surface area (Å²) < 4.78 is 16.7. The minimum atomic E-state index is -1.06. The number of amides is 4. The Morgan fingerprint density at radius 1 is 0.705 bits per heavy atom. The fourth-order valence-corrected chi connectivity index (χ4v) is 7.57. The molecule has 3 aliphatic rings. The second kappa shape index (κ2) is 23.7. The van der Waals surface area contributed by atoms with Gasteiger partial charge in [-0.2, -0.15) is 5.10 Å². The van der Waals surface area contributed by atoms with E-state index in [1.807, 2.05) is 105 Å². The van der Waals surface area contributed by atoms with Gasteiger partial charge in [0, 0.05) is 32.6 Å². The SMILES string of the molecule is CC(C)C[C@H](NC(=O)[C@H](CCc1ccccc1)NC(=O)CN1CCOCC1)C(=O)N[C@@H](Cc1ccccc1)C(=O)N[C@@H](CC(C)C)/C(=N/NC(O)N1CCOCC1)[C@@]1(C)CO1. The molecule has 0 saturated carbocycles. The maximum Gasteiger partial charge on any atom is 0.243 e. The van der Waals surface area contributed by atoms with Crippen molar-refractivity contribution in [3.05, 3.63) is 71.8 Å². The van der Waals surface area contributed by atoms with Crippen LogP contribution in [0.1, 0.15) is 65.0 Å². The molecule has 3 saturated heterocycles. The standard InChI is InChI=1S/C45H68N8O8/c1-31(2)26-36(40(45(5)30-61-45)50-51-44(58)53-20-24-60-25-21-53)47-43(57)38(28-34-14-10-7-11-15-34)49-42(56)37(27-32(3)4)48-41(55)35(17-16-33-12-8-6-9-13-33)46-39(54)29-52-18-22-59-23-19-52/h6-15,31-32,35-38,44,51,58H,16-30H2,1-5H3,(H,46,54)(H,47,57)(H,48,55)(H,49,56)/b50-40-/t35-,36-,37-,38-,44?,45+/m0/s1. The molecule has 3 fully saturated rings. The van der Waals surface area contributed by atoms with Crippen molar-refractivity contribution in [3.63, 3.8) is 0 Å². The predicted octanol–water partition coefficient (Wildman–Crippen LogP) is 1.57. The van der Waals surface area contributed by atoms with E-state index in [4.69, 9.17) is 14.2 Å². The van der Waals surface area contributed by atoms with E-state index < -0.39 is 53.8 Å². The van der Waals surface area contributed by atoms with Crippen LogP contribution in [-0.4, -0.2) is 146 Å². The molecule has 336 valence electrons. The molecule has 0 bridgehead atoms. The molecule has 16 heteroatoms. The molecule has 3 heterocycles. The summed E-state index contributed by atoms with van der Waals surface area (Å²) in [6.45, 7) is 14.8. The second-order valence-corrected chi connectivity index (χ2v) is 17.3. The van der Waals surface area contributed by atoms with E-state index in [9.17, 15) is 24.3 Å². The average molecular weight is 849 g/mol. The van der Waals surface area contributed by atoms with Gasteiger partial charge in [0.05, 0.1) is 51.3 Å². The molecule has 2 aromatic carbocycles. The number of morpholine rings is 2. The molecular formula is C45H68N8O8. The van der Waals surface area contributed by atoms with Gasteiger partial charge in [0.25, 0.3) is 0 Å². The third-order valence-corrected chi connectivity index (χ3v) is 11.1. The Balaban J connectivity index is 1.34. The second-order valence-electron chi connectivity index (χ2n) is 17.3. The Kier molecular flexibility index (Phi) is 18.5. The molecule has 4 amide bonds. The fraction of sp³-hybridized carbons (Fsp3) is 0.622. The third kappa shape index (κ3) is 15.8. The molecule has 1 unspecified atom stereocenters. The van der Waals surface area contributed by atoms with E-state index in [1.54, 1.807) is 0 Å². The van der Waals surface area contributed by atoms with Gasteiger partial charge >= 0.3 is 0 Å². The maximum absolute atomic E-state index is 14.5. The molecule has 6 atom stereocenters. The number of ether oxygens (including phenoxy) is 3. The molecule has 5 rings (SSSR count). The van der Waals surface area contributed by atoms with E-state index in [1.165, 1.54) is 0 Å². The van der Waals surface area contributed by atoms with Crippen molar-refractivity contribution in [1.82, 2.24) is 36.5 Å². The predicted molar refractivity (Wildman–Crippen MR) is 232 cm³/mol. The van der Waals surface area contributed by atoms with Crippen molar-refractivity contribution in [2.24, 2.45) is 16.9 Å². The van der Waals surface area contributed by atoms with E-state index in [0.717, 1.165) is 11.1 Å². The quantitative estimate of drug-likeness (QED) is 0.0411. The number of hydrogen-bond acceptors (Lipinski definition) is 12. The Hall–Kier alpha value is -4.45. The number of aliphatic hydroxyl groups excluding tert-OH is 1. The number of hydrogen-bond donors (Lipinski definition) is 6. The van der Waals surface area contributed by atoms with Crippen molar-refractivity contribution in [2.45, 2.75) is 103 Å². The monoisotopic (exact) mass is 849 g/mol. The first-order valence-electron chi connectivity index (χ1n) is 21.9. The number of carbonyl (C=O) groups excluding carboxylic acids is 4. The Morgan fingerprint density at radius 2 is 1.21 bits per heavy atom.